The number of carbonyl (C=O) groups excluding carboxylic acids is 1. The summed E-state index contributed by atoms with van der Waals surface area (Å²) in [5.41, 5.74) is 0.853. The Morgan fingerprint density at radius 2 is 2.45 bits per heavy atom. The standard InChI is InChI=1S/C16H24N4O2/c1-12(15-6-2-3-7-17-15)19-16(21)18-9-14-10-20-8-4-5-13(20)11-22-14/h2-3,6-7,12-14H,4-5,8-11H2,1H3,(H2,18,19,21)/t12-,13-,14+/m0/s1. The van der Waals surface area contributed by atoms with Crippen LogP contribution >= 0.6 is 0 Å². The lowest BCUT2D eigenvalue weighted by Gasteiger charge is -2.35. The summed E-state index contributed by atoms with van der Waals surface area (Å²) in [5, 5.41) is 5.80. The van der Waals surface area contributed by atoms with E-state index >= 15 is 0 Å². The normalized spacial score (nSPS) is 26.2. The number of hydrogen-bond donors (Lipinski definition) is 2. The van der Waals surface area contributed by atoms with Crippen LogP contribution in [0.15, 0.2) is 24.4 Å². The number of hydrogen-bond acceptors (Lipinski definition) is 4. The molecule has 22 heavy (non-hydrogen) atoms. The van der Waals surface area contributed by atoms with Gasteiger partial charge >= 0.3 is 6.03 Å². The molecule has 0 saturated carbocycles. The van der Waals surface area contributed by atoms with E-state index in [1.165, 1.54) is 12.8 Å². The third kappa shape index (κ3) is 3.75. The third-order valence-corrected chi connectivity index (χ3v) is 4.43. The first-order valence-corrected chi connectivity index (χ1v) is 8.03. The minimum atomic E-state index is -0.176. The molecular weight excluding hydrogens is 280 g/mol. The van der Waals surface area contributed by atoms with Crippen LogP contribution in [0.2, 0.25) is 0 Å². The monoisotopic (exact) mass is 304 g/mol. The Labute approximate surface area is 131 Å². The van der Waals surface area contributed by atoms with E-state index in [4.69, 9.17) is 4.74 Å². The molecule has 2 fully saturated rings. The number of urea groups is 1. The quantitative estimate of drug-likeness (QED) is 0.880. The topological polar surface area (TPSA) is 66.5 Å². The zero-order chi connectivity index (χ0) is 15.4. The highest BCUT2D eigenvalue weighted by Crippen LogP contribution is 2.22. The molecule has 0 spiro atoms. The molecule has 2 saturated heterocycles. The van der Waals surface area contributed by atoms with Crippen LogP contribution < -0.4 is 10.6 Å². The average Bonchev–Trinajstić information content (AvgIpc) is 3.01. The summed E-state index contributed by atoms with van der Waals surface area (Å²) in [6.07, 6.45) is 4.32. The van der Waals surface area contributed by atoms with Crippen molar-refractivity contribution in [2.24, 2.45) is 0 Å². The van der Waals surface area contributed by atoms with Crippen LogP contribution in [0.4, 0.5) is 4.79 Å². The fourth-order valence-corrected chi connectivity index (χ4v) is 3.17. The molecule has 0 aliphatic carbocycles. The number of morpholine rings is 1. The lowest BCUT2D eigenvalue weighted by atomic mass is 10.2. The van der Waals surface area contributed by atoms with Crippen LogP contribution in [-0.2, 0) is 4.74 Å². The lowest BCUT2D eigenvalue weighted by Crippen LogP contribution is -2.51. The van der Waals surface area contributed by atoms with Gasteiger partial charge in [0, 0.05) is 25.3 Å². The SMILES string of the molecule is C[C@H](NC(=O)NC[C@@H]1CN2CCC[C@H]2CO1)c1ccccn1. The van der Waals surface area contributed by atoms with Crippen LogP contribution in [0, 0.1) is 0 Å². The lowest BCUT2D eigenvalue weighted by molar-refractivity contribution is -0.0458. The maximum atomic E-state index is 12.0. The number of rotatable bonds is 4. The molecule has 0 aromatic carbocycles. The minimum absolute atomic E-state index is 0.0882. The molecule has 6 nitrogen and oxygen atoms in total. The van der Waals surface area contributed by atoms with Gasteiger partial charge in [0.25, 0.3) is 0 Å². The van der Waals surface area contributed by atoms with Gasteiger partial charge in [0.15, 0.2) is 0 Å². The van der Waals surface area contributed by atoms with Crippen molar-refractivity contribution < 1.29 is 9.53 Å². The van der Waals surface area contributed by atoms with Crippen LogP contribution in [0.1, 0.15) is 31.5 Å². The van der Waals surface area contributed by atoms with E-state index in [2.05, 4.69) is 20.5 Å². The molecule has 2 amide bonds. The molecule has 3 heterocycles. The molecule has 2 aliphatic rings. The van der Waals surface area contributed by atoms with Gasteiger partial charge in [0.1, 0.15) is 0 Å². The minimum Gasteiger partial charge on any atom is -0.373 e. The van der Waals surface area contributed by atoms with Crippen molar-refractivity contribution in [1.82, 2.24) is 20.5 Å². The van der Waals surface area contributed by atoms with Crippen molar-refractivity contribution in [2.75, 3.05) is 26.2 Å². The number of pyridine rings is 1. The van der Waals surface area contributed by atoms with Gasteiger partial charge in [-0.25, -0.2) is 4.79 Å². The summed E-state index contributed by atoms with van der Waals surface area (Å²) in [5.74, 6) is 0. The maximum absolute atomic E-state index is 12.0. The third-order valence-electron chi connectivity index (χ3n) is 4.43. The molecule has 1 aromatic rings. The highest BCUT2D eigenvalue weighted by atomic mass is 16.5. The summed E-state index contributed by atoms with van der Waals surface area (Å²) >= 11 is 0. The molecular formula is C16H24N4O2. The molecule has 6 heteroatoms. The van der Waals surface area contributed by atoms with E-state index in [0.29, 0.717) is 12.6 Å². The number of aromatic nitrogens is 1. The highest BCUT2D eigenvalue weighted by molar-refractivity contribution is 5.74. The van der Waals surface area contributed by atoms with Crippen LogP contribution in [0.5, 0.6) is 0 Å². The van der Waals surface area contributed by atoms with Crippen molar-refractivity contribution in [3.05, 3.63) is 30.1 Å². The van der Waals surface area contributed by atoms with Gasteiger partial charge in [0.2, 0.25) is 0 Å². The van der Waals surface area contributed by atoms with Crippen LogP contribution in [0.3, 0.4) is 0 Å². The Morgan fingerprint density at radius 3 is 3.27 bits per heavy atom. The molecule has 0 bridgehead atoms. The molecule has 1 aromatic heterocycles. The van der Waals surface area contributed by atoms with Gasteiger partial charge in [0.05, 0.1) is 24.4 Å². The Bertz CT molecular complexity index is 496. The largest absolute Gasteiger partial charge is 0.373 e. The second-order valence-electron chi connectivity index (χ2n) is 6.08. The van der Waals surface area contributed by atoms with Crippen molar-refractivity contribution in [2.45, 2.75) is 38.0 Å². The number of fused-ring (bicyclic) bond motifs is 1. The van der Waals surface area contributed by atoms with Crippen LogP contribution in [-0.4, -0.2) is 54.3 Å². The van der Waals surface area contributed by atoms with Gasteiger partial charge in [-0.15, -0.1) is 0 Å². The fraction of sp³-hybridized carbons (Fsp3) is 0.625. The molecule has 2 N–H and O–H groups in total. The zero-order valence-electron chi connectivity index (χ0n) is 13.0. The van der Waals surface area contributed by atoms with Crippen molar-refractivity contribution >= 4 is 6.03 Å². The molecule has 0 radical (unpaired) electrons. The highest BCUT2D eigenvalue weighted by Gasteiger charge is 2.32. The average molecular weight is 304 g/mol. The van der Waals surface area contributed by atoms with Crippen molar-refractivity contribution in [3.8, 4) is 0 Å². The Hall–Kier alpha value is -1.66. The summed E-state index contributed by atoms with van der Waals surface area (Å²) in [7, 11) is 0. The molecule has 120 valence electrons. The van der Waals surface area contributed by atoms with Crippen molar-refractivity contribution in [1.29, 1.82) is 0 Å². The first kappa shape index (κ1) is 15.2. The predicted octanol–water partition coefficient (Wildman–Crippen LogP) is 1.30. The van der Waals surface area contributed by atoms with Gasteiger partial charge in [-0.3, -0.25) is 9.88 Å². The Balaban J connectivity index is 1.41. The number of nitrogens with one attached hydrogen (secondary N) is 2. The van der Waals surface area contributed by atoms with E-state index in [1.807, 2.05) is 25.1 Å². The van der Waals surface area contributed by atoms with E-state index < -0.39 is 0 Å². The maximum Gasteiger partial charge on any atom is 0.315 e. The second kappa shape index (κ2) is 7.07. The predicted molar refractivity (Wildman–Crippen MR) is 83.5 cm³/mol. The van der Waals surface area contributed by atoms with E-state index in [0.717, 1.165) is 25.4 Å². The van der Waals surface area contributed by atoms with E-state index in [-0.39, 0.29) is 18.2 Å². The smallest absolute Gasteiger partial charge is 0.315 e. The van der Waals surface area contributed by atoms with Gasteiger partial charge in [-0.2, -0.15) is 0 Å². The summed E-state index contributed by atoms with van der Waals surface area (Å²) in [6.45, 7) is 5.34. The van der Waals surface area contributed by atoms with Gasteiger partial charge in [-0.05, 0) is 38.4 Å². The van der Waals surface area contributed by atoms with Crippen molar-refractivity contribution in [3.63, 3.8) is 0 Å². The number of amides is 2. The number of carbonyl (C=O) groups is 1. The summed E-state index contributed by atoms with van der Waals surface area (Å²) < 4.78 is 5.84. The molecule has 3 rings (SSSR count). The summed E-state index contributed by atoms with van der Waals surface area (Å²) in [4.78, 5) is 18.7. The Kier molecular flexibility index (Phi) is 4.90. The zero-order valence-corrected chi connectivity index (χ0v) is 13.0. The van der Waals surface area contributed by atoms with Gasteiger partial charge < -0.3 is 15.4 Å². The number of nitrogens with zero attached hydrogens (tertiary/aromatic N) is 2. The van der Waals surface area contributed by atoms with Crippen LogP contribution in [0.25, 0.3) is 0 Å². The van der Waals surface area contributed by atoms with E-state index in [9.17, 15) is 4.79 Å². The second-order valence-corrected chi connectivity index (χ2v) is 6.08. The van der Waals surface area contributed by atoms with Gasteiger partial charge in [-0.1, -0.05) is 6.07 Å². The summed E-state index contributed by atoms with van der Waals surface area (Å²) in [6, 6.07) is 5.99. The first-order chi connectivity index (χ1) is 10.7. The molecule has 2 aliphatic heterocycles. The Morgan fingerprint density at radius 1 is 1.55 bits per heavy atom. The number of ether oxygens (including phenoxy) is 1. The molecule has 0 unspecified atom stereocenters. The van der Waals surface area contributed by atoms with E-state index in [1.54, 1.807) is 6.20 Å². The first-order valence-electron chi connectivity index (χ1n) is 8.03. The molecule has 3 atom stereocenters. The fourth-order valence-electron chi connectivity index (χ4n) is 3.17.